The van der Waals surface area contributed by atoms with E-state index in [9.17, 15) is 0 Å². The first kappa shape index (κ1) is 18.3. The van der Waals surface area contributed by atoms with E-state index >= 15 is 0 Å². The first-order valence-corrected chi connectivity index (χ1v) is 9.14. The molecule has 2 aromatic carbocycles. The molecule has 1 aromatic heterocycles. The maximum Gasteiger partial charge on any atom is 0.212 e. The number of thioether (sulfide) groups is 1. The Bertz CT molecular complexity index is 965. The number of aromatic nitrogens is 1. The van der Waals surface area contributed by atoms with E-state index in [1.807, 2.05) is 11.8 Å². The van der Waals surface area contributed by atoms with Gasteiger partial charge in [0.25, 0.3) is 0 Å². The van der Waals surface area contributed by atoms with Crippen molar-refractivity contribution in [2.75, 3.05) is 11.4 Å². The predicted octanol–water partition coefficient (Wildman–Crippen LogP) is 1.91. The summed E-state index contributed by atoms with van der Waals surface area (Å²) in [5, 5.41) is 2.59. The average molecular weight is 460 g/mol. The van der Waals surface area contributed by atoms with Gasteiger partial charge in [0.1, 0.15) is 7.05 Å². The number of benzene rings is 2. The molecule has 1 aliphatic rings. The van der Waals surface area contributed by atoms with E-state index in [4.69, 9.17) is 0 Å². The topological polar surface area (TPSA) is 7.12 Å². The van der Waals surface area contributed by atoms with E-state index in [2.05, 4.69) is 91.2 Å². The molecule has 0 saturated carbocycles. The van der Waals surface area contributed by atoms with Crippen molar-refractivity contribution in [2.45, 2.75) is 18.7 Å². The van der Waals surface area contributed by atoms with Crippen molar-refractivity contribution in [3.8, 4) is 0 Å². The van der Waals surface area contributed by atoms with Gasteiger partial charge in [0.2, 0.25) is 5.52 Å². The molecular formula is C21H21IN2S. The largest absolute Gasteiger partial charge is 1.00 e. The Balaban J connectivity index is 0.00000182. The minimum absolute atomic E-state index is 0. The molecule has 0 amide bonds. The van der Waals surface area contributed by atoms with E-state index < -0.39 is 0 Å². The second kappa shape index (κ2) is 7.38. The first-order valence-electron chi connectivity index (χ1n) is 8.32. The van der Waals surface area contributed by atoms with Gasteiger partial charge in [-0.15, -0.1) is 0 Å². The summed E-state index contributed by atoms with van der Waals surface area (Å²) in [6, 6.07) is 17.5. The van der Waals surface area contributed by atoms with Crippen LogP contribution in [0.5, 0.6) is 0 Å². The highest BCUT2D eigenvalue weighted by molar-refractivity contribution is 8.03. The standard InChI is InChI=1S/C21H21N2S.HI/c1-4-23-19-13-15(2)9-10-20(19)24-21(23)14-16-11-12-22(3)18-8-6-5-7-17(16)18;/h5-14H,4H2,1-3H3;1H/q+1;/p-1. The molecule has 2 nitrogen and oxygen atoms in total. The smallest absolute Gasteiger partial charge is 0.212 e. The number of hydrogen-bond donors (Lipinski definition) is 0. The lowest BCUT2D eigenvalue weighted by atomic mass is 10.1. The lowest BCUT2D eigenvalue weighted by Crippen LogP contribution is -3.00. The zero-order chi connectivity index (χ0) is 16.7. The summed E-state index contributed by atoms with van der Waals surface area (Å²) in [6.45, 7) is 5.36. The van der Waals surface area contributed by atoms with Crippen LogP contribution >= 0.6 is 11.8 Å². The Labute approximate surface area is 170 Å². The van der Waals surface area contributed by atoms with Gasteiger partial charge >= 0.3 is 0 Å². The maximum atomic E-state index is 2.41. The van der Waals surface area contributed by atoms with Crippen LogP contribution in [0.15, 0.2) is 64.7 Å². The van der Waals surface area contributed by atoms with Crippen molar-refractivity contribution in [3.05, 3.63) is 70.9 Å². The second-order valence-electron chi connectivity index (χ2n) is 6.20. The monoisotopic (exact) mass is 460 g/mol. The molecule has 0 unspecified atom stereocenters. The zero-order valence-electron chi connectivity index (χ0n) is 14.7. The second-order valence-corrected chi connectivity index (χ2v) is 7.26. The minimum Gasteiger partial charge on any atom is -1.00 e. The third-order valence-corrected chi connectivity index (χ3v) is 5.67. The molecule has 0 aliphatic carbocycles. The Morgan fingerprint density at radius 1 is 1.12 bits per heavy atom. The minimum atomic E-state index is 0. The molecule has 0 N–H and O–H groups in total. The number of aryl methyl sites for hydroxylation is 2. The normalized spacial score (nSPS) is 14.7. The molecule has 0 radical (unpaired) electrons. The van der Waals surface area contributed by atoms with Gasteiger partial charge in [0, 0.05) is 23.6 Å². The quantitative estimate of drug-likeness (QED) is 0.426. The number of rotatable bonds is 2. The number of halogens is 1. The van der Waals surface area contributed by atoms with E-state index in [0.29, 0.717) is 0 Å². The molecular weight excluding hydrogens is 439 g/mol. The molecule has 3 aromatic rings. The summed E-state index contributed by atoms with van der Waals surface area (Å²) >= 11 is 1.87. The molecule has 1 aliphatic heterocycles. The third-order valence-electron chi connectivity index (χ3n) is 4.55. The number of fused-ring (bicyclic) bond motifs is 2. The third kappa shape index (κ3) is 3.29. The van der Waals surface area contributed by atoms with Crippen LogP contribution in [0.1, 0.15) is 18.1 Å². The fourth-order valence-corrected chi connectivity index (χ4v) is 4.45. The van der Waals surface area contributed by atoms with Crippen molar-refractivity contribution in [1.82, 2.24) is 0 Å². The summed E-state index contributed by atoms with van der Waals surface area (Å²) in [4.78, 5) is 3.76. The highest BCUT2D eigenvalue weighted by atomic mass is 127. The number of pyridine rings is 1. The average Bonchev–Trinajstić information content (AvgIpc) is 2.94. The van der Waals surface area contributed by atoms with Crippen LogP contribution in [-0.2, 0) is 7.05 Å². The molecule has 0 atom stereocenters. The van der Waals surface area contributed by atoms with E-state index in [1.165, 1.54) is 37.6 Å². The summed E-state index contributed by atoms with van der Waals surface area (Å²) in [5.41, 5.74) is 5.17. The number of hydrogen-bond acceptors (Lipinski definition) is 2. The van der Waals surface area contributed by atoms with Crippen LogP contribution < -0.4 is 33.4 Å². The van der Waals surface area contributed by atoms with E-state index in [-0.39, 0.29) is 24.0 Å². The van der Waals surface area contributed by atoms with Crippen molar-refractivity contribution in [2.24, 2.45) is 7.05 Å². The molecule has 4 rings (SSSR count). The van der Waals surface area contributed by atoms with Crippen LogP contribution in [0, 0.1) is 6.92 Å². The Hall–Kier alpha value is -1.53. The Morgan fingerprint density at radius 3 is 2.72 bits per heavy atom. The maximum absolute atomic E-state index is 2.41. The lowest BCUT2D eigenvalue weighted by molar-refractivity contribution is -0.644. The highest BCUT2D eigenvalue weighted by Crippen LogP contribution is 2.47. The van der Waals surface area contributed by atoms with Crippen molar-refractivity contribution >= 4 is 34.4 Å². The summed E-state index contributed by atoms with van der Waals surface area (Å²) in [5.74, 6) is 0. The fourth-order valence-electron chi connectivity index (χ4n) is 3.29. The molecule has 4 heteroatoms. The van der Waals surface area contributed by atoms with Crippen molar-refractivity contribution in [1.29, 1.82) is 0 Å². The molecule has 2 heterocycles. The Kier molecular flexibility index (Phi) is 5.39. The molecule has 0 saturated heterocycles. The van der Waals surface area contributed by atoms with Gasteiger partial charge in [0.15, 0.2) is 6.20 Å². The first-order chi connectivity index (χ1) is 11.7. The predicted molar refractivity (Wildman–Crippen MR) is 103 cm³/mol. The SMILES string of the molecule is CCN1/C(=C\c2cc[n+](C)c3ccccc23)Sc2ccc(C)cc21.[I-]. The summed E-state index contributed by atoms with van der Waals surface area (Å²) in [6.07, 6.45) is 4.47. The number of para-hydroxylation sites is 1. The van der Waals surface area contributed by atoms with Gasteiger partial charge in [-0.25, -0.2) is 4.57 Å². The fraction of sp³-hybridized carbons (Fsp3) is 0.190. The van der Waals surface area contributed by atoms with Crippen molar-refractivity contribution < 1.29 is 28.5 Å². The van der Waals surface area contributed by atoms with Crippen LogP contribution in [0.4, 0.5) is 5.69 Å². The number of nitrogens with zero attached hydrogens (tertiary/aromatic N) is 2. The number of anilines is 1. The van der Waals surface area contributed by atoms with Gasteiger partial charge < -0.3 is 28.9 Å². The van der Waals surface area contributed by atoms with Crippen LogP contribution in [0.2, 0.25) is 0 Å². The van der Waals surface area contributed by atoms with E-state index in [1.54, 1.807) is 0 Å². The van der Waals surface area contributed by atoms with Gasteiger partial charge in [-0.05, 0) is 49.2 Å². The van der Waals surface area contributed by atoms with Crippen LogP contribution in [0.3, 0.4) is 0 Å². The lowest BCUT2D eigenvalue weighted by Gasteiger charge is -2.18. The van der Waals surface area contributed by atoms with Gasteiger partial charge in [-0.2, -0.15) is 0 Å². The molecule has 0 bridgehead atoms. The molecule has 25 heavy (non-hydrogen) atoms. The zero-order valence-corrected chi connectivity index (χ0v) is 17.6. The Morgan fingerprint density at radius 2 is 1.92 bits per heavy atom. The molecule has 0 spiro atoms. The summed E-state index contributed by atoms with van der Waals surface area (Å²) in [7, 11) is 2.10. The van der Waals surface area contributed by atoms with Gasteiger partial charge in [-0.1, -0.05) is 30.0 Å². The van der Waals surface area contributed by atoms with Gasteiger partial charge in [-0.3, -0.25) is 0 Å². The molecule has 0 fully saturated rings. The van der Waals surface area contributed by atoms with E-state index in [0.717, 1.165) is 6.54 Å². The van der Waals surface area contributed by atoms with Crippen LogP contribution in [0.25, 0.3) is 17.0 Å². The van der Waals surface area contributed by atoms with Crippen LogP contribution in [-0.4, -0.2) is 6.54 Å². The van der Waals surface area contributed by atoms with Crippen molar-refractivity contribution in [3.63, 3.8) is 0 Å². The molecule has 128 valence electrons. The van der Waals surface area contributed by atoms with Gasteiger partial charge in [0.05, 0.1) is 16.1 Å². The highest BCUT2D eigenvalue weighted by Gasteiger charge is 2.24. The summed E-state index contributed by atoms with van der Waals surface area (Å²) < 4.78 is 2.18.